The number of carbonyl (C=O) groups excluding carboxylic acids is 1. The zero-order chi connectivity index (χ0) is 18.8. The fourth-order valence-corrected chi connectivity index (χ4v) is 3.02. The number of fused-ring (bicyclic) bond motifs is 1. The highest BCUT2D eigenvalue weighted by atomic mass is 35.5. The van der Waals surface area contributed by atoms with Crippen molar-refractivity contribution in [1.29, 1.82) is 0 Å². The molecule has 5 heteroatoms. The Labute approximate surface area is 161 Å². The fraction of sp³-hybridized carbons (Fsp3) is 0.0909. The molecule has 1 aromatic heterocycles. The van der Waals surface area contributed by atoms with Crippen molar-refractivity contribution < 1.29 is 9.21 Å². The summed E-state index contributed by atoms with van der Waals surface area (Å²) in [5, 5.41) is 3.58. The number of anilines is 1. The van der Waals surface area contributed by atoms with E-state index in [1.807, 2.05) is 61.5 Å². The lowest BCUT2D eigenvalue weighted by molar-refractivity contribution is -0.115. The maximum absolute atomic E-state index is 12.2. The molecule has 0 saturated heterocycles. The first-order valence-electron chi connectivity index (χ1n) is 8.59. The van der Waals surface area contributed by atoms with Gasteiger partial charge in [0, 0.05) is 16.3 Å². The third-order valence-corrected chi connectivity index (χ3v) is 4.70. The largest absolute Gasteiger partial charge is 0.436 e. The standard InChI is InChI=1S/C22H17ClN2O2/c1-14-7-8-16(12-18(14)23)22-25-19-13-17(9-10-20(19)27-22)24-21(26)11-15-5-3-2-4-6-15/h2-10,12-13H,11H2,1H3,(H,24,26). The number of nitrogens with zero attached hydrogens (tertiary/aromatic N) is 1. The van der Waals surface area contributed by atoms with Crippen LogP contribution in [0.2, 0.25) is 5.02 Å². The monoisotopic (exact) mass is 376 g/mol. The summed E-state index contributed by atoms with van der Waals surface area (Å²) in [6.45, 7) is 1.95. The fourth-order valence-electron chi connectivity index (χ4n) is 2.84. The Morgan fingerprint density at radius 2 is 1.89 bits per heavy atom. The summed E-state index contributed by atoms with van der Waals surface area (Å²) in [5.41, 5.74) is 4.81. The number of nitrogens with one attached hydrogen (secondary N) is 1. The van der Waals surface area contributed by atoms with Gasteiger partial charge in [-0.1, -0.05) is 48.0 Å². The lowest BCUT2D eigenvalue weighted by Gasteiger charge is -2.04. The lowest BCUT2D eigenvalue weighted by atomic mass is 10.1. The molecule has 4 aromatic rings. The maximum atomic E-state index is 12.2. The third-order valence-electron chi connectivity index (χ3n) is 4.30. The summed E-state index contributed by atoms with van der Waals surface area (Å²) in [6, 6.07) is 20.7. The molecule has 1 N–H and O–H groups in total. The Kier molecular flexibility index (Phi) is 4.65. The van der Waals surface area contributed by atoms with Crippen LogP contribution in [-0.4, -0.2) is 10.9 Å². The molecule has 4 rings (SSSR count). The quantitative estimate of drug-likeness (QED) is 0.501. The van der Waals surface area contributed by atoms with Crippen LogP contribution in [0.15, 0.2) is 71.1 Å². The zero-order valence-corrected chi connectivity index (χ0v) is 15.5. The SMILES string of the molecule is Cc1ccc(-c2nc3cc(NC(=O)Cc4ccccc4)ccc3o2)cc1Cl. The van der Waals surface area contributed by atoms with Gasteiger partial charge in [0.05, 0.1) is 6.42 Å². The highest BCUT2D eigenvalue weighted by Crippen LogP contribution is 2.29. The first kappa shape index (κ1) is 17.3. The van der Waals surface area contributed by atoms with Crippen molar-refractivity contribution in [3.05, 3.63) is 82.9 Å². The van der Waals surface area contributed by atoms with Crippen molar-refractivity contribution >= 4 is 34.3 Å². The Balaban J connectivity index is 1.55. The second-order valence-electron chi connectivity index (χ2n) is 6.38. The summed E-state index contributed by atoms with van der Waals surface area (Å²) in [6.07, 6.45) is 0.324. The minimum atomic E-state index is -0.0745. The molecule has 134 valence electrons. The highest BCUT2D eigenvalue weighted by molar-refractivity contribution is 6.31. The summed E-state index contributed by atoms with van der Waals surface area (Å²) in [4.78, 5) is 16.8. The van der Waals surface area contributed by atoms with E-state index in [0.29, 0.717) is 34.1 Å². The van der Waals surface area contributed by atoms with E-state index in [4.69, 9.17) is 16.0 Å². The van der Waals surface area contributed by atoms with E-state index in [0.717, 1.165) is 16.7 Å². The molecule has 0 aliphatic rings. The van der Waals surface area contributed by atoms with E-state index in [1.54, 1.807) is 12.1 Å². The number of aromatic nitrogens is 1. The number of hydrogen-bond donors (Lipinski definition) is 1. The molecule has 0 atom stereocenters. The van der Waals surface area contributed by atoms with Gasteiger partial charge in [-0.05, 0) is 48.4 Å². The van der Waals surface area contributed by atoms with Gasteiger partial charge in [0.2, 0.25) is 11.8 Å². The van der Waals surface area contributed by atoms with Crippen molar-refractivity contribution in [1.82, 2.24) is 4.98 Å². The minimum absolute atomic E-state index is 0.0745. The molecule has 0 saturated carbocycles. The van der Waals surface area contributed by atoms with Gasteiger partial charge < -0.3 is 9.73 Å². The Morgan fingerprint density at radius 1 is 1.07 bits per heavy atom. The lowest BCUT2D eigenvalue weighted by Crippen LogP contribution is -2.14. The van der Waals surface area contributed by atoms with Crippen LogP contribution in [0.4, 0.5) is 5.69 Å². The molecule has 0 radical (unpaired) electrons. The van der Waals surface area contributed by atoms with Crippen LogP contribution in [0.5, 0.6) is 0 Å². The van der Waals surface area contributed by atoms with Crippen LogP contribution >= 0.6 is 11.6 Å². The molecule has 27 heavy (non-hydrogen) atoms. The smallest absolute Gasteiger partial charge is 0.228 e. The Morgan fingerprint density at radius 3 is 2.67 bits per heavy atom. The first-order chi connectivity index (χ1) is 13.1. The maximum Gasteiger partial charge on any atom is 0.228 e. The van der Waals surface area contributed by atoms with Crippen LogP contribution in [0.3, 0.4) is 0 Å². The first-order valence-corrected chi connectivity index (χ1v) is 8.97. The molecule has 0 bridgehead atoms. The summed E-state index contributed by atoms with van der Waals surface area (Å²) in [5.74, 6) is 0.425. The van der Waals surface area contributed by atoms with Crippen molar-refractivity contribution in [2.45, 2.75) is 13.3 Å². The van der Waals surface area contributed by atoms with Crippen LogP contribution in [0, 0.1) is 6.92 Å². The number of aryl methyl sites for hydroxylation is 1. The summed E-state index contributed by atoms with van der Waals surface area (Å²) in [7, 11) is 0. The average Bonchev–Trinajstić information content (AvgIpc) is 3.08. The van der Waals surface area contributed by atoms with Crippen molar-refractivity contribution in [3.63, 3.8) is 0 Å². The average molecular weight is 377 g/mol. The van der Waals surface area contributed by atoms with Gasteiger partial charge in [-0.25, -0.2) is 4.98 Å². The molecular formula is C22H17ClN2O2. The molecule has 3 aromatic carbocycles. The number of halogens is 1. The number of oxazole rings is 1. The normalized spacial score (nSPS) is 10.9. The molecule has 0 aliphatic heterocycles. The number of rotatable bonds is 4. The summed E-state index contributed by atoms with van der Waals surface area (Å²) >= 11 is 6.19. The van der Waals surface area contributed by atoms with E-state index in [1.165, 1.54) is 0 Å². The van der Waals surface area contributed by atoms with Gasteiger partial charge >= 0.3 is 0 Å². The van der Waals surface area contributed by atoms with Crippen LogP contribution in [0.1, 0.15) is 11.1 Å². The van der Waals surface area contributed by atoms with Gasteiger partial charge in [-0.15, -0.1) is 0 Å². The predicted octanol–water partition coefficient (Wildman–Crippen LogP) is 5.64. The topological polar surface area (TPSA) is 55.1 Å². The predicted molar refractivity (Wildman–Crippen MR) is 108 cm³/mol. The number of carbonyl (C=O) groups is 1. The highest BCUT2D eigenvalue weighted by Gasteiger charge is 2.11. The van der Waals surface area contributed by atoms with Crippen molar-refractivity contribution in [2.24, 2.45) is 0 Å². The number of benzene rings is 3. The molecule has 4 nitrogen and oxygen atoms in total. The molecule has 0 unspecified atom stereocenters. The second kappa shape index (κ2) is 7.25. The Bertz CT molecular complexity index is 1120. The molecule has 0 spiro atoms. The van der Waals surface area contributed by atoms with Crippen LogP contribution in [0.25, 0.3) is 22.6 Å². The van der Waals surface area contributed by atoms with E-state index in [9.17, 15) is 4.79 Å². The van der Waals surface area contributed by atoms with Crippen molar-refractivity contribution in [3.8, 4) is 11.5 Å². The number of amides is 1. The number of hydrogen-bond acceptors (Lipinski definition) is 3. The zero-order valence-electron chi connectivity index (χ0n) is 14.7. The molecule has 1 amide bonds. The molecule has 0 fully saturated rings. The molecular weight excluding hydrogens is 360 g/mol. The molecule has 0 aliphatic carbocycles. The van der Waals surface area contributed by atoms with E-state index in [-0.39, 0.29) is 5.91 Å². The van der Waals surface area contributed by atoms with Gasteiger partial charge in [0.1, 0.15) is 5.52 Å². The van der Waals surface area contributed by atoms with E-state index in [2.05, 4.69) is 10.3 Å². The summed E-state index contributed by atoms with van der Waals surface area (Å²) < 4.78 is 5.82. The second-order valence-corrected chi connectivity index (χ2v) is 6.78. The Hall–Kier alpha value is -3.11. The van der Waals surface area contributed by atoms with Crippen molar-refractivity contribution in [2.75, 3.05) is 5.32 Å². The van der Waals surface area contributed by atoms with Gasteiger partial charge in [0.15, 0.2) is 5.58 Å². The van der Waals surface area contributed by atoms with E-state index < -0.39 is 0 Å². The van der Waals surface area contributed by atoms with Crippen LogP contribution in [-0.2, 0) is 11.2 Å². The third kappa shape index (κ3) is 3.86. The van der Waals surface area contributed by atoms with Crippen LogP contribution < -0.4 is 5.32 Å². The van der Waals surface area contributed by atoms with Gasteiger partial charge in [0.25, 0.3) is 0 Å². The van der Waals surface area contributed by atoms with Gasteiger partial charge in [-0.3, -0.25) is 4.79 Å². The van der Waals surface area contributed by atoms with Gasteiger partial charge in [-0.2, -0.15) is 0 Å². The van der Waals surface area contributed by atoms with E-state index >= 15 is 0 Å². The molecule has 1 heterocycles. The minimum Gasteiger partial charge on any atom is -0.436 e.